The number of phosphoric ester groups is 1. The summed E-state index contributed by atoms with van der Waals surface area (Å²) in [5.41, 5.74) is 0. The third kappa shape index (κ3) is 17.6. The van der Waals surface area contributed by atoms with Crippen molar-refractivity contribution < 1.29 is 28.4 Å². The van der Waals surface area contributed by atoms with Crippen molar-refractivity contribution in [1.82, 2.24) is 0 Å². The van der Waals surface area contributed by atoms with Crippen LogP contribution < -0.4 is 0 Å². The van der Waals surface area contributed by atoms with Crippen molar-refractivity contribution in [3.8, 4) is 0 Å². The number of unbranched alkanes of at least 4 members (excludes halogenated alkanes) is 8. The van der Waals surface area contributed by atoms with E-state index < -0.39 is 7.82 Å². The fourth-order valence-corrected chi connectivity index (χ4v) is 2.39. The Kier molecular flexibility index (Phi) is 13.9. The Morgan fingerprint density at radius 3 is 1.86 bits per heavy atom. The van der Waals surface area contributed by atoms with Crippen LogP contribution in [-0.2, 0) is 18.6 Å². The van der Waals surface area contributed by atoms with E-state index in [9.17, 15) is 9.36 Å². The van der Waals surface area contributed by atoms with E-state index in [2.05, 4.69) is 11.4 Å². The number of esters is 1. The van der Waals surface area contributed by atoms with Crippen LogP contribution in [0.3, 0.4) is 0 Å². The highest BCUT2D eigenvalue weighted by Crippen LogP contribution is 2.35. The first-order chi connectivity index (χ1) is 10.5. The van der Waals surface area contributed by atoms with Crippen LogP contribution in [0.5, 0.6) is 0 Å². The molecule has 0 saturated heterocycles. The number of carbonyl (C=O) groups excluding carboxylic acids is 1. The van der Waals surface area contributed by atoms with Gasteiger partial charge in [-0.3, -0.25) is 9.32 Å². The zero-order chi connectivity index (χ0) is 16.7. The van der Waals surface area contributed by atoms with Gasteiger partial charge in [0.25, 0.3) is 0 Å². The predicted molar refractivity (Wildman–Crippen MR) is 85.4 cm³/mol. The van der Waals surface area contributed by atoms with Crippen molar-refractivity contribution >= 4 is 13.8 Å². The van der Waals surface area contributed by atoms with Crippen LogP contribution in [0.1, 0.15) is 77.6 Å². The Morgan fingerprint density at radius 2 is 1.36 bits per heavy atom. The molecule has 2 N–H and O–H groups in total. The van der Waals surface area contributed by atoms with Gasteiger partial charge >= 0.3 is 13.8 Å². The molecule has 0 rings (SSSR count). The summed E-state index contributed by atoms with van der Waals surface area (Å²) in [7, 11) is -4.29. The molecule has 0 spiro atoms. The smallest absolute Gasteiger partial charge is 0.466 e. The Balaban J connectivity index is 3.14. The SMILES string of the molecule is CCCCC(=O)OCCCCCCCCCCOP(=O)(O)O. The van der Waals surface area contributed by atoms with Gasteiger partial charge in [-0.2, -0.15) is 0 Å². The first kappa shape index (κ1) is 21.6. The number of ether oxygens (including phenoxy) is 1. The molecule has 0 unspecified atom stereocenters. The van der Waals surface area contributed by atoms with Crippen molar-refractivity contribution in [2.24, 2.45) is 0 Å². The minimum atomic E-state index is -4.29. The molecule has 0 saturated carbocycles. The number of carbonyl (C=O) groups is 1. The molecule has 0 aromatic carbocycles. The number of phosphoric acid groups is 1. The van der Waals surface area contributed by atoms with Crippen molar-refractivity contribution in [3.05, 3.63) is 0 Å². The van der Waals surface area contributed by atoms with Gasteiger partial charge in [-0.25, -0.2) is 4.57 Å². The number of hydrogen-bond acceptors (Lipinski definition) is 4. The maximum atomic E-state index is 11.2. The molecule has 7 heteroatoms. The van der Waals surface area contributed by atoms with Crippen LogP contribution in [0.4, 0.5) is 0 Å². The molecule has 22 heavy (non-hydrogen) atoms. The lowest BCUT2D eigenvalue weighted by Crippen LogP contribution is -2.05. The molecule has 0 amide bonds. The summed E-state index contributed by atoms with van der Waals surface area (Å²) in [5, 5.41) is 0. The van der Waals surface area contributed by atoms with E-state index in [4.69, 9.17) is 14.5 Å². The van der Waals surface area contributed by atoms with Gasteiger partial charge < -0.3 is 14.5 Å². The van der Waals surface area contributed by atoms with Gasteiger partial charge in [0.1, 0.15) is 0 Å². The summed E-state index contributed by atoms with van der Waals surface area (Å²) in [6.45, 7) is 2.70. The molecular weight excluding hydrogens is 307 g/mol. The highest BCUT2D eigenvalue weighted by Gasteiger charge is 2.12. The van der Waals surface area contributed by atoms with Crippen molar-refractivity contribution in [2.75, 3.05) is 13.2 Å². The van der Waals surface area contributed by atoms with Crippen LogP contribution in [0.15, 0.2) is 0 Å². The quantitative estimate of drug-likeness (QED) is 0.267. The predicted octanol–water partition coefficient (Wildman–Crippen LogP) is 3.95. The van der Waals surface area contributed by atoms with Gasteiger partial charge in [0, 0.05) is 6.42 Å². The first-order valence-electron chi connectivity index (χ1n) is 8.31. The fraction of sp³-hybridized carbons (Fsp3) is 0.933. The van der Waals surface area contributed by atoms with E-state index in [0.29, 0.717) is 19.4 Å². The maximum Gasteiger partial charge on any atom is 0.469 e. The zero-order valence-electron chi connectivity index (χ0n) is 13.7. The Bertz CT molecular complexity index is 315. The molecule has 0 aromatic rings. The highest BCUT2D eigenvalue weighted by molar-refractivity contribution is 7.46. The minimum absolute atomic E-state index is 0.0839. The molecule has 0 atom stereocenters. The summed E-state index contributed by atoms with van der Waals surface area (Å²) in [5.74, 6) is -0.0839. The summed E-state index contributed by atoms with van der Waals surface area (Å²) >= 11 is 0. The van der Waals surface area contributed by atoms with Gasteiger partial charge in [-0.15, -0.1) is 0 Å². The van der Waals surface area contributed by atoms with Gasteiger partial charge in [0.2, 0.25) is 0 Å². The summed E-state index contributed by atoms with van der Waals surface area (Å²) in [6, 6.07) is 0. The Labute approximate surface area is 133 Å². The third-order valence-corrected chi connectivity index (χ3v) is 3.81. The van der Waals surface area contributed by atoms with Gasteiger partial charge in [-0.05, 0) is 19.3 Å². The second kappa shape index (κ2) is 14.2. The van der Waals surface area contributed by atoms with Crippen molar-refractivity contribution in [2.45, 2.75) is 77.6 Å². The van der Waals surface area contributed by atoms with Crippen molar-refractivity contribution in [3.63, 3.8) is 0 Å². The summed E-state index contributed by atoms with van der Waals surface area (Å²) in [6.07, 6.45) is 10.5. The second-order valence-electron chi connectivity index (χ2n) is 5.48. The summed E-state index contributed by atoms with van der Waals surface area (Å²) < 4.78 is 19.9. The zero-order valence-corrected chi connectivity index (χ0v) is 14.6. The Morgan fingerprint density at radius 1 is 0.864 bits per heavy atom. The van der Waals surface area contributed by atoms with E-state index >= 15 is 0 Å². The minimum Gasteiger partial charge on any atom is -0.466 e. The molecule has 0 bridgehead atoms. The van der Waals surface area contributed by atoms with Gasteiger partial charge in [0.05, 0.1) is 13.2 Å². The van der Waals surface area contributed by atoms with Crippen LogP contribution in [-0.4, -0.2) is 29.0 Å². The standard InChI is InChI=1S/C15H31O6P/c1-2-3-12-15(16)20-13-10-8-6-4-5-7-9-11-14-21-22(17,18)19/h2-14H2,1H3,(H2,17,18,19). The molecule has 132 valence electrons. The normalized spacial score (nSPS) is 11.6. The molecule has 0 fully saturated rings. The fourth-order valence-electron chi connectivity index (χ4n) is 2.03. The molecule has 0 aliphatic rings. The molecule has 0 aromatic heterocycles. The van der Waals surface area contributed by atoms with Crippen molar-refractivity contribution in [1.29, 1.82) is 0 Å². The molecule has 0 radical (unpaired) electrons. The molecule has 6 nitrogen and oxygen atoms in total. The van der Waals surface area contributed by atoms with E-state index in [1.54, 1.807) is 0 Å². The third-order valence-electron chi connectivity index (χ3n) is 3.30. The molecule has 0 aliphatic heterocycles. The van der Waals surface area contributed by atoms with Crippen LogP contribution >= 0.6 is 7.82 Å². The Hall–Kier alpha value is -0.420. The van der Waals surface area contributed by atoms with E-state index in [-0.39, 0.29) is 12.6 Å². The average Bonchev–Trinajstić information content (AvgIpc) is 2.45. The van der Waals surface area contributed by atoms with Gasteiger partial charge in [-0.1, -0.05) is 51.9 Å². The maximum absolute atomic E-state index is 11.2. The molecular formula is C15H31O6P. The van der Waals surface area contributed by atoms with Crippen LogP contribution in [0, 0.1) is 0 Å². The second-order valence-corrected chi connectivity index (χ2v) is 6.72. The highest BCUT2D eigenvalue weighted by atomic mass is 31.2. The average molecular weight is 338 g/mol. The molecule has 0 heterocycles. The number of rotatable bonds is 15. The lowest BCUT2D eigenvalue weighted by Gasteiger charge is -2.05. The van der Waals surface area contributed by atoms with Crippen LogP contribution in [0.2, 0.25) is 0 Å². The monoisotopic (exact) mass is 338 g/mol. The van der Waals surface area contributed by atoms with Gasteiger partial charge in [0.15, 0.2) is 0 Å². The molecule has 0 aliphatic carbocycles. The summed E-state index contributed by atoms with van der Waals surface area (Å²) in [4.78, 5) is 28.2. The number of hydrogen-bond donors (Lipinski definition) is 2. The largest absolute Gasteiger partial charge is 0.469 e. The van der Waals surface area contributed by atoms with Crippen LogP contribution in [0.25, 0.3) is 0 Å². The van der Waals surface area contributed by atoms with E-state index in [1.807, 2.05) is 0 Å². The van der Waals surface area contributed by atoms with E-state index in [1.165, 1.54) is 0 Å². The lowest BCUT2D eigenvalue weighted by atomic mass is 10.1. The lowest BCUT2D eigenvalue weighted by molar-refractivity contribution is -0.143. The first-order valence-corrected chi connectivity index (χ1v) is 9.84. The van der Waals surface area contributed by atoms with E-state index in [0.717, 1.165) is 57.8 Å². The topological polar surface area (TPSA) is 93.1 Å².